The highest BCUT2D eigenvalue weighted by Gasteiger charge is 2.20. The number of ether oxygens (including phenoxy) is 2. The van der Waals surface area contributed by atoms with Crippen LogP contribution in [0, 0.1) is 0 Å². The summed E-state index contributed by atoms with van der Waals surface area (Å²) in [6, 6.07) is 0. The SMILES string of the molecule is CCOC(=O)N/N=C(\C)C(Cl)C(=O)OCC. The average Bonchev–Trinajstić information content (AvgIpc) is 2.25. The molecule has 0 aliphatic rings. The molecule has 1 unspecified atom stereocenters. The van der Waals surface area contributed by atoms with E-state index in [0.717, 1.165) is 0 Å². The van der Waals surface area contributed by atoms with Crippen LogP contribution in [-0.4, -0.2) is 36.4 Å². The molecule has 92 valence electrons. The molecule has 0 rings (SSSR count). The fourth-order valence-electron chi connectivity index (χ4n) is 0.740. The Morgan fingerprint density at radius 3 is 2.38 bits per heavy atom. The Kier molecular flexibility index (Phi) is 7.28. The number of hydrazone groups is 1. The topological polar surface area (TPSA) is 77.0 Å². The van der Waals surface area contributed by atoms with E-state index in [4.69, 9.17) is 11.6 Å². The smallest absolute Gasteiger partial charge is 0.427 e. The molecule has 0 fully saturated rings. The van der Waals surface area contributed by atoms with E-state index in [9.17, 15) is 9.59 Å². The van der Waals surface area contributed by atoms with Gasteiger partial charge in [0.25, 0.3) is 0 Å². The standard InChI is InChI=1S/C9H15ClN2O4/c1-4-15-8(13)7(10)6(3)11-12-9(14)16-5-2/h7H,4-5H2,1-3H3,(H,12,14)/b11-6+. The van der Waals surface area contributed by atoms with E-state index >= 15 is 0 Å². The van der Waals surface area contributed by atoms with Gasteiger partial charge in [0.1, 0.15) is 0 Å². The largest absolute Gasteiger partial charge is 0.465 e. The summed E-state index contributed by atoms with van der Waals surface area (Å²) < 4.78 is 9.25. The Labute approximate surface area is 98.9 Å². The molecule has 0 aliphatic carbocycles. The Balaban J connectivity index is 4.20. The van der Waals surface area contributed by atoms with Crippen LogP contribution in [0.5, 0.6) is 0 Å². The molecule has 6 nitrogen and oxygen atoms in total. The van der Waals surface area contributed by atoms with Crippen LogP contribution in [0.15, 0.2) is 5.10 Å². The Morgan fingerprint density at radius 1 is 1.31 bits per heavy atom. The molecule has 0 aromatic carbocycles. The lowest BCUT2D eigenvalue weighted by atomic mass is 10.3. The molecule has 1 atom stereocenters. The number of rotatable bonds is 5. The monoisotopic (exact) mass is 250 g/mol. The highest BCUT2D eigenvalue weighted by Crippen LogP contribution is 2.02. The van der Waals surface area contributed by atoms with E-state index in [1.807, 2.05) is 0 Å². The maximum atomic E-state index is 11.2. The first-order valence-electron chi connectivity index (χ1n) is 4.80. The first kappa shape index (κ1) is 14.7. The molecular weight excluding hydrogens is 236 g/mol. The van der Waals surface area contributed by atoms with E-state index in [1.54, 1.807) is 13.8 Å². The van der Waals surface area contributed by atoms with E-state index < -0.39 is 17.4 Å². The Bertz CT molecular complexity index is 281. The van der Waals surface area contributed by atoms with Crippen molar-refractivity contribution in [3.63, 3.8) is 0 Å². The molecule has 0 aromatic heterocycles. The van der Waals surface area contributed by atoms with Gasteiger partial charge in [-0.2, -0.15) is 5.10 Å². The third-order valence-electron chi connectivity index (χ3n) is 1.46. The number of carbonyl (C=O) groups excluding carboxylic acids is 2. The highest BCUT2D eigenvalue weighted by molar-refractivity contribution is 6.41. The molecule has 0 saturated heterocycles. The third kappa shape index (κ3) is 5.55. The van der Waals surface area contributed by atoms with Gasteiger partial charge in [-0.3, -0.25) is 4.79 Å². The summed E-state index contributed by atoms with van der Waals surface area (Å²) in [5, 5.41) is 2.59. The number of hydrogen-bond donors (Lipinski definition) is 1. The van der Waals surface area contributed by atoms with Crippen molar-refractivity contribution in [2.45, 2.75) is 26.1 Å². The second kappa shape index (κ2) is 7.92. The van der Waals surface area contributed by atoms with Crippen LogP contribution in [0.3, 0.4) is 0 Å². The molecule has 16 heavy (non-hydrogen) atoms. The van der Waals surface area contributed by atoms with Gasteiger partial charge in [0.15, 0.2) is 5.38 Å². The molecule has 1 N–H and O–H groups in total. The van der Waals surface area contributed by atoms with E-state index in [2.05, 4.69) is 20.0 Å². The van der Waals surface area contributed by atoms with E-state index in [0.29, 0.717) is 0 Å². The van der Waals surface area contributed by atoms with Crippen molar-refractivity contribution < 1.29 is 19.1 Å². The normalized spacial score (nSPS) is 12.9. The molecule has 0 spiro atoms. The van der Waals surface area contributed by atoms with Crippen LogP contribution < -0.4 is 5.43 Å². The molecule has 0 radical (unpaired) electrons. The van der Waals surface area contributed by atoms with Crippen LogP contribution in [0.1, 0.15) is 20.8 Å². The fraction of sp³-hybridized carbons (Fsp3) is 0.667. The zero-order chi connectivity index (χ0) is 12.6. The van der Waals surface area contributed by atoms with Gasteiger partial charge in [0.2, 0.25) is 0 Å². The lowest BCUT2D eigenvalue weighted by Gasteiger charge is -2.08. The average molecular weight is 251 g/mol. The van der Waals surface area contributed by atoms with E-state index in [-0.39, 0.29) is 18.9 Å². The van der Waals surface area contributed by atoms with Crippen molar-refractivity contribution >= 4 is 29.4 Å². The summed E-state index contributed by atoms with van der Waals surface area (Å²) in [4.78, 5) is 22.0. The Hall–Kier alpha value is -1.30. The first-order valence-corrected chi connectivity index (χ1v) is 5.24. The minimum atomic E-state index is -1.01. The predicted octanol–water partition coefficient (Wildman–Crippen LogP) is 1.28. The fourth-order valence-corrected chi connectivity index (χ4v) is 0.852. The second-order valence-corrected chi connectivity index (χ2v) is 3.14. The van der Waals surface area contributed by atoms with Crippen LogP contribution in [0.4, 0.5) is 4.79 Å². The number of esters is 1. The van der Waals surface area contributed by atoms with E-state index in [1.165, 1.54) is 6.92 Å². The summed E-state index contributed by atoms with van der Waals surface area (Å²) in [5.74, 6) is -0.601. The molecule has 1 amide bonds. The molecule has 0 bridgehead atoms. The van der Waals surface area contributed by atoms with Crippen LogP contribution in [-0.2, 0) is 14.3 Å². The quantitative estimate of drug-likeness (QED) is 0.345. The number of carbonyl (C=O) groups is 2. The maximum Gasteiger partial charge on any atom is 0.427 e. The van der Waals surface area contributed by atoms with Gasteiger partial charge >= 0.3 is 12.1 Å². The van der Waals surface area contributed by atoms with Crippen LogP contribution in [0.2, 0.25) is 0 Å². The van der Waals surface area contributed by atoms with Gasteiger partial charge < -0.3 is 9.47 Å². The van der Waals surface area contributed by atoms with Gasteiger partial charge in [-0.15, -0.1) is 11.6 Å². The lowest BCUT2D eigenvalue weighted by Crippen LogP contribution is -2.28. The first-order chi connectivity index (χ1) is 7.52. The zero-order valence-electron chi connectivity index (χ0n) is 9.45. The highest BCUT2D eigenvalue weighted by atomic mass is 35.5. The molecule has 0 aliphatic heterocycles. The van der Waals surface area contributed by atoms with Gasteiger partial charge in [0, 0.05) is 0 Å². The maximum absolute atomic E-state index is 11.2. The van der Waals surface area contributed by atoms with Crippen molar-refractivity contribution in [3.8, 4) is 0 Å². The number of alkyl halides is 1. The van der Waals surface area contributed by atoms with Crippen molar-refractivity contribution in [1.29, 1.82) is 0 Å². The molecule has 0 saturated carbocycles. The second-order valence-electron chi connectivity index (χ2n) is 2.70. The van der Waals surface area contributed by atoms with Gasteiger partial charge in [-0.05, 0) is 20.8 Å². The van der Waals surface area contributed by atoms with Gasteiger partial charge in [-0.25, -0.2) is 10.2 Å². The number of nitrogens with one attached hydrogen (secondary N) is 1. The zero-order valence-corrected chi connectivity index (χ0v) is 10.2. The lowest BCUT2D eigenvalue weighted by molar-refractivity contribution is -0.141. The Morgan fingerprint density at radius 2 is 1.88 bits per heavy atom. The van der Waals surface area contributed by atoms with Crippen molar-refractivity contribution in [1.82, 2.24) is 5.43 Å². The molecule has 0 heterocycles. The van der Waals surface area contributed by atoms with Crippen molar-refractivity contribution in [2.75, 3.05) is 13.2 Å². The summed E-state index contributed by atoms with van der Waals surface area (Å²) in [7, 11) is 0. The number of halogens is 1. The van der Waals surface area contributed by atoms with Crippen molar-refractivity contribution in [3.05, 3.63) is 0 Å². The predicted molar refractivity (Wildman–Crippen MR) is 59.5 cm³/mol. The molecule has 7 heteroatoms. The third-order valence-corrected chi connectivity index (χ3v) is 1.95. The number of hydrogen-bond acceptors (Lipinski definition) is 5. The van der Waals surface area contributed by atoms with Gasteiger partial charge in [0.05, 0.1) is 18.9 Å². The van der Waals surface area contributed by atoms with Crippen LogP contribution >= 0.6 is 11.6 Å². The molecule has 0 aromatic rings. The van der Waals surface area contributed by atoms with Crippen molar-refractivity contribution in [2.24, 2.45) is 5.10 Å². The summed E-state index contributed by atoms with van der Waals surface area (Å²) in [6.07, 6.45) is -0.699. The van der Waals surface area contributed by atoms with Crippen LogP contribution in [0.25, 0.3) is 0 Å². The number of amides is 1. The summed E-state index contributed by atoms with van der Waals surface area (Å²) in [5.41, 5.74) is 2.33. The number of nitrogens with zero attached hydrogens (tertiary/aromatic N) is 1. The summed E-state index contributed by atoms with van der Waals surface area (Å²) >= 11 is 5.72. The minimum Gasteiger partial charge on any atom is -0.465 e. The summed E-state index contributed by atoms with van der Waals surface area (Å²) in [6.45, 7) is 5.31. The van der Waals surface area contributed by atoms with Gasteiger partial charge in [-0.1, -0.05) is 0 Å². The molecular formula is C9H15ClN2O4. The minimum absolute atomic E-state index is 0.230.